The Hall–Kier alpha value is -3.95. The first-order valence-corrected chi connectivity index (χ1v) is 13.1. The second-order valence-electron chi connectivity index (χ2n) is 9.56. The number of pyridine rings is 1. The van der Waals surface area contributed by atoms with Crippen molar-refractivity contribution >= 4 is 23.6 Å². The molecule has 2 atom stereocenters. The van der Waals surface area contributed by atoms with Crippen LogP contribution in [0.1, 0.15) is 49.7 Å². The third-order valence-corrected chi connectivity index (χ3v) is 6.45. The number of aromatic nitrogens is 1. The van der Waals surface area contributed by atoms with E-state index in [9.17, 15) is 19.2 Å². The van der Waals surface area contributed by atoms with Crippen LogP contribution in [0.4, 0.5) is 0 Å². The highest BCUT2D eigenvalue weighted by Gasteiger charge is 2.27. The second-order valence-corrected chi connectivity index (χ2v) is 9.56. The molecule has 0 saturated heterocycles. The van der Waals surface area contributed by atoms with Gasteiger partial charge in [-0.25, -0.2) is 0 Å². The van der Waals surface area contributed by atoms with Crippen molar-refractivity contribution in [2.24, 2.45) is 5.92 Å². The van der Waals surface area contributed by atoms with E-state index in [4.69, 9.17) is 4.74 Å². The van der Waals surface area contributed by atoms with E-state index in [1.165, 1.54) is 4.90 Å². The van der Waals surface area contributed by atoms with Gasteiger partial charge in [0.25, 0.3) is 5.91 Å². The molecule has 10 heteroatoms. The molecule has 1 aromatic carbocycles. The van der Waals surface area contributed by atoms with E-state index >= 15 is 0 Å². The predicted molar refractivity (Wildman–Crippen MR) is 142 cm³/mol. The molecule has 38 heavy (non-hydrogen) atoms. The fraction of sp³-hybridized carbons (Fsp3) is 0.464. The summed E-state index contributed by atoms with van der Waals surface area (Å²) < 4.78 is 5.98. The Morgan fingerprint density at radius 2 is 1.89 bits per heavy atom. The number of likely N-dealkylation sites (N-methyl/N-ethyl adjacent to an activating group) is 1. The first-order chi connectivity index (χ1) is 18.3. The van der Waals surface area contributed by atoms with Crippen LogP contribution >= 0.6 is 0 Å². The average molecular weight is 524 g/mol. The molecule has 1 aliphatic rings. The quantitative estimate of drug-likeness (QED) is 0.529. The van der Waals surface area contributed by atoms with Crippen LogP contribution in [0, 0.1) is 5.92 Å². The summed E-state index contributed by atoms with van der Waals surface area (Å²) in [6.45, 7) is 6.43. The highest BCUT2D eigenvalue weighted by atomic mass is 16.5. The number of fused-ring (bicyclic) bond motifs is 1. The monoisotopic (exact) mass is 523 g/mol. The number of hydrogen-bond acceptors (Lipinski definition) is 6. The number of carbonyl (C=O) groups excluding carboxylic acids is 4. The van der Waals surface area contributed by atoms with E-state index in [2.05, 4.69) is 20.9 Å². The van der Waals surface area contributed by atoms with Crippen LogP contribution in [0.3, 0.4) is 0 Å². The topological polar surface area (TPSA) is 130 Å². The van der Waals surface area contributed by atoms with Gasteiger partial charge in [-0.15, -0.1) is 0 Å². The highest BCUT2D eigenvalue weighted by molar-refractivity contribution is 5.99. The SMILES string of the molecule is CCN1CC(=O)N[C@@H](C(C)C)COc2ccccc2C(=O)N[C@H](C(=O)NCCc2ccccn2)CCC1=O. The summed E-state index contributed by atoms with van der Waals surface area (Å²) in [7, 11) is 0. The minimum Gasteiger partial charge on any atom is -0.491 e. The molecular weight excluding hydrogens is 486 g/mol. The third kappa shape index (κ3) is 8.29. The number of para-hydroxylation sites is 1. The van der Waals surface area contributed by atoms with Crippen molar-refractivity contribution in [2.75, 3.05) is 26.2 Å². The molecule has 0 fully saturated rings. The van der Waals surface area contributed by atoms with E-state index in [0.717, 1.165) is 5.69 Å². The minimum absolute atomic E-state index is 0.00845. The highest BCUT2D eigenvalue weighted by Crippen LogP contribution is 2.20. The van der Waals surface area contributed by atoms with Crippen LogP contribution in [0.25, 0.3) is 0 Å². The van der Waals surface area contributed by atoms with E-state index in [0.29, 0.717) is 25.3 Å². The van der Waals surface area contributed by atoms with Gasteiger partial charge in [0.05, 0.1) is 18.2 Å². The lowest BCUT2D eigenvalue weighted by Crippen LogP contribution is -2.49. The van der Waals surface area contributed by atoms with Crippen molar-refractivity contribution in [1.29, 1.82) is 0 Å². The summed E-state index contributed by atoms with van der Waals surface area (Å²) in [5, 5.41) is 8.58. The lowest BCUT2D eigenvalue weighted by molar-refractivity contribution is -0.136. The zero-order valence-corrected chi connectivity index (χ0v) is 22.2. The first-order valence-electron chi connectivity index (χ1n) is 13.1. The molecule has 4 amide bonds. The normalized spacial score (nSPS) is 19.4. The maximum atomic E-state index is 13.3. The molecule has 2 aromatic rings. The predicted octanol–water partition coefficient (Wildman–Crippen LogP) is 1.70. The summed E-state index contributed by atoms with van der Waals surface area (Å²) in [4.78, 5) is 57.8. The fourth-order valence-electron chi connectivity index (χ4n) is 4.08. The van der Waals surface area contributed by atoms with Crippen molar-refractivity contribution in [3.05, 3.63) is 59.9 Å². The molecule has 0 saturated carbocycles. The van der Waals surface area contributed by atoms with Gasteiger partial charge in [-0.05, 0) is 43.5 Å². The van der Waals surface area contributed by atoms with Crippen molar-refractivity contribution in [3.63, 3.8) is 0 Å². The van der Waals surface area contributed by atoms with Gasteiger partial charge in [-0.3, -0.25) is 24.2 Å². The summed E-state index contributed by atoms with van der Waals surface area (Å²) in [5.41, 5.74) is 1.10. The molecule has 1 aliphatic heterocycles. The molecule has 0 bridgehead atoms. The van der Waals surface area contributed by atoms with Crippen LogP contribution in [0.5, 0.6) is 5.75 Å². The number of ether oxygens (including phenoxy) is 1. The van der Waals surface area contributed by atoms with Gasteiger partial charge < -0.3 is 25.6 Å². The smallest absolute Gasteiger partial charge is 0.255 e. The fourth-order valence-corrected chi connectivity index (χ4v) is 4.08. The Bertz CT molecular complexity index is 1110. The number of hydrogen-bond donors (Lipinski definition) is 3. The zero-order chi connectivity index (χ0) is 27.5. The van der Waals surface area contributed by atoms with E-state index in [1.807, 2.05) is 32.0 Å². The number of nitrogens with one attached hydrogen (secondary N) is 3. The van der Waals surface area contributed by atoms with Crippen LogP contribution in [-0.4, -0.2) is 71.8 Å². The Balaban J connectivity index is 1.82. The number of rotatable bonds is 6. The van der Waals surface area contributed by atoms with Gasteiger partial charge in [-0.1, -0.05) is 32.0 Å². The van der Waals surface area contributed by atoms with Crippen molar-refractivity contribution in [2.45, 2.75) is 52.1 Å². The van der Waals surface area contributed by atoms with Crippen molar-refractivity contribution < 1.29 is 23.9 Å². The first kappa shape index (κ1) is 28.6. The summed E-state index contributed by atoms with van der Waals surface area (Å²) in [6.07, 6.45) is 2.28. The van der Waals surface area contributed by atoms with Crippen molar-refractivity contribution in [1.82, 2.24) is 25.8 Å². The molecule has 2 heterocycles. The number of amides is 4. The number of carbonyl (C=O) groups is 4. The zero-order valence-electron chi connectivity index (χ0n) is 22.2. The lowest BCUT2D eigenvalue weighted by Gasteiger charge is -2.25. The Morgan fingerprint density at radius 1 is 1.13 bits per heavy atom. The molecule has 0 spiro atoms. The van der Waals surface area contributed by atoms with Gasteiger partial charge >= 0.3 is 0 Å². The molecule has 3 N–H and O–H groups in total. The Morgan fingerprint density at radius 3 is 2.61 bits per heavy atom. The standard InChI is InChI=1S/C28H37N5O5/c1-4-33-17-25(34)31-23(19(2)3)18-38-24-11-6-5-10-21(24)27(36)32-22(12-13-26(33)35)28(37)30-16-14-20-9-7-8-15-29-20/h5-11,15,19,22-23H,4,12-14,16-18H2,1-3H3,(H,30,37)(H,31,34)(H,32,36)/t22-,23+/m0/s1. The van der Waals surface area contributed by atoms with Crippen LogP contribution in [0.15, 0.2) is 48.7 Å². The molecule has 1 aromatic heterocycles. The van der Waals surface area contributed by atoms with Crippen LogP contribution < -0.4 is 20.7 Å². The molecule has 0 unspecified atom stereocenters. The lowest BCUT2D eigenvalue weighted by atomic mass is 10.1. The molecular formula is C28H37N5O5. The van der Waals surface area contributed by atoms with Gasteiger partial charge in [0.2, 0.25) is 17.7 Å². The van der Waals surface area contributed by atoms with Crippen LogP contribution in [0.2, 0.25) is 0 Å². The summed E-state index contributed by atoms with van der Waals surface area (Å²) in [5.74, 6) is -1.03. The summed E-state index contributed by atoms with van der Waals surface area (Å²) in [6, 6.07) is 11.0. The largest absolute Gasteiger partial charge is 0.491 e. The van der Waals surface area contributed by atoms with Crippen LogP contribution in [-0.2, 0) is 20.8 Å². The number of nitrogens with zero attached hydrogens (tertiary/aromatic N) is 2. The molecule has 0 radical (unpaired) electrons. The maximum absolute atomic E-state index is 13.3. The summed E-state index contributed by atoms with van der Waals surface area (Å²) >= 11 is 0. The van der Waals surface area contributed by atoms with Crippen molar-refractivity contribution in [3.8, 4) is 5.75 Å². The minimum atomic E-state index is -0.954. The second kappa shape index (κ2) is 14.1. The Kier molecular flexibility index (Phi) is 10.6. The Labute approximate surface area is 223 Å². The van der Waals surface area contributed by atoms with Gasteiger partial charge in [0.15, 0.2) is 0 Å². The number of benzene rings is 1. The maximum Gasteiger partial charge on any atom is 0.255 e. The van der Waals surface area contributed by atoms with Gasteiger partial charge in [0.1, 0.15) is 18.4 Å². The molecule has 0 aliphatic carbocycles. The van der Waals surface area contributed by atoms with E-state index < -0.39 is 17.9 Å². The van der Waals surface area contributed by atoms with Gasteiger partial charge in [0, 0.05) is 37.8 Å². The third-order valence-electron chi connectivity index (χ3n) is 6.45. The molecule has 3 rings (SSSR count). The average Bonchev–Trinajstić information content (AvgIpc) is 2.91. The van der Waals surface area contributed by atoms with Gasteiger partial charge in [-0.2, -0.15) is 0 Å². The molecule has 10 nitrogen and oxygen atoms in total. The van der Waals surface area contributed by atoms with E-state index in [1.54, 1.807) is 37.4 Å². The molecule has 204 valence electrons. The van der Waals surface area contributed by atoms with E-state index in [-0.39, 0.29) is 55.3 Å².